The van der Waals surface area contributed by atoms with E-state index in [0.29, 0.717) is 0 Å². The van der Waals surface area contributed by atoms with Crippen LogP contribution in [0.2, 0.25) is 0 Å². The van der Waals surface area contributed by atoms with Gasteiger partial charge in [0.25, 0.3) is 0 Å². The van der Waals surface area contributed by atoms with E-state index in [1.807, 2.05) is 0 Å². The Kier molecular flexibility index (Phi) is 7.37. The van der Waals surface area contributed by atoms with Crippen LogP contribution >= 0.6 is 0 Å². The Labute approximate surface area is 126 Å². The zero-order valence-electron chi connectivity index (χ0n) is 13.7. The molecule has 3 atom stereocenters. The van der Waals surface area contributed by atoms with Gasteiger partial charge in [-0.05, 0) is 76.4 Å². The summed E-state index contributed by atoms with van der Waals surface area (Å²) in [7, 11) is 0. The summed E-state index contributed by atoms with van der Waals surface area (Å²) < 4.78 is 0. The zero-order valence-corrected chi connectivity index (χ0v) is 13.7. The van der Waals surface area contributed by atoms with Crippen molar-refractivity contribution in [3.63, 3.8) is 0 Å². The number of rotatable bonds is 8. The minimum atomic E-state index is 0.874. The fourth-order valence-corrected chi connectivity index (χ4v) is 4.67. The lowest BCUT2D eigenvalue weighted by atomic mass is 9.78. The first kappa shape index (κ1) is 16.3. The molecule has 1 heterocycles. The number of likely N-dealkylation sites (tertiary alicyclic amines) is 1. The smallest absolute Gasteiger partial charge is 0.0123 e. The molecule has 1 aliphatic heterocycles. The van der Waals surface area contributed by atoms with Gasteiger partial charge in [-0.3, -0.25) is 0 Å². The minimum Gasteiger partial charge on any atom is -0.330 e. The molecule has 2 aliphatic rings. The van der Waals surface area contributed by atoms with Gasteiger partial charge in [-0.25, -0.2) is 0 Å². The molecule has 2 rings (SSSR count). The molecule has 20 heavy (non-hydrogen) atoms. The normalized spacial score (nSPS) is 29.1. The quantitative estimate of drug-likeness (QED) is 0.722. The van der Waals surface area contributed by atoms with E-state index in [-0.39, 0.29) is 0 Å². The van der Waals surface area contributed by atoms with Crippen molar-refractivity contribution >= 4 is 0 Å². The van der Waals surface area contributed by atoms with E-state index in [9.17, 15) is 0 Å². The van der Waals surface area contributed by atoms with Crippen molar-refractivity contribution in [1.82, 2.24) is 4.90 Å². The Morgan fingerprint density at radius 1 is 1.05 bits per heavy atom. The molecule has 3 unspecified atom stereocenters. The highest BCUT2D eigenvalue weighted by atomic mass is 15.2. The fraction of sp³-hybridized carbons (Fsp3) is 1.00. The standard InChI is InChI=1S/C18H36N2/c1-2-7-16(12-13-19)8-5-14-20-15-6-10-17-9-3-4-11-18(17)20/h16-18H,2-15,19H2,1H3. The van der Waals surface area contributed by atoms with Crippen molar-refractivity contribution in [2.45, 2.75) is 83.6 Å². The van der Waals surface area contributed by atoms with Crippen LogP contribution in [0.15, 0.2) is 0 Å². The highest BCUT2D eigenvalue weighted by Gasteiger charge is 2.32. The van der Waals surface area contributed by atoms with Gasteiger partial charge in [-0.2, -0.15) is 0 Å². The van der Waals surface area contributed by atoms with Gasteiger partial charge in [0.15, 0.2) is 0 Å². The topological polar surface area (TPSA) is 29.3 Å². The highest BCUT2D eigenvalue weighted by Crippen LogP contribution is 2.35. The first-order valence-electron chi connectivity index (χ1n) is 9.29. The lowest BCUT2D eigenvalue weighted by Crippen LogP contribution is -2.47. The number of nitrogens with two attached hydrogens (primary N) is 1. The van der Waals surface area contributed by atoms with E-state index in [2.05, 4.69) is 11.8 Å². The second-order valence-corrected chi connectivity index (χ2v) is 7.16. The summed E-state index contributed by atoms with van der Waals surface area (Å²) in [4.78, 5) is 2.85. The summed E-state index contributed by atoms with van der Waals surface area (Å²) in [5.74, 6) is 1.92. The Morgan fingerprint density at radius 3 is 2.65 bits per heavy atom. The molecule has 1 saturated carbocycles. The molecule has 2 heteroatoms. The summed E-state index contributed by atoms with van der Waals surface area (Å²) in [6.07, 6.45) is 15.6. The van der Waals surface area contributed by atoms with Gasteiger partial charge in [-0.15, -0.1) is 0 Å². The number of hydrogen-bond donors (Lipinski definition) is 1. The van der Waals surface area contributed by atoms with Crippen LogP contribution in [0, 0.1) is 11.8 Å². The molecule has 0 spiro atoms. The van der Waals surface area contributed by atoms with Crippen molar-refractivity contribution in [2.24, 2.45) is 17.6 Å². The second kappa shape index (κ2) is 9.04. The molecular formula is C18H36N2. The molecule has 1 saturated heterocycles. The predicted molar refractivity (Wildman–Crippen MR) is 87.9 cm³/mol. The Bertz CT molecular complexity index is 246. The van der Waals surface area contributed by atoms with Crippen LogP contribution in [-0.4, -0.2) is 30.6 Å². The second-order valence-electron chi connectivity index (χ2n) is 7.16. The van der Waals surface area contributed by atoms with Crippen molar-refractivity contribution in [3.8, 4) is 0 Å². The highest BCUT2D eigenvalue weighted by molar-refractivity contribution is 4.87. The van der Waals surface area contributed by atoms with Crippen LogP contribution in [0.1, 0.15) is 77.6 Å². The van der Waals surface area contributed by atoms with Gasteiger partial charge in [0.1, 0.15) is 0 Å². The maximum Gasteiger partial charge on any atom is 0.0123 e. The zero-order chi connectivity index (χ0) is 14.2. The predicted octanol–water partition coefficient (Wildman–Crippen LogP) is 4.19. The van der Waals surface area contributed by atoms with Crippen molar-refractivity contribution in [2.75, 3.05) is 19.6 Å². The first-order chi connectivity index (χ1) is 9.85. The van der Waals surface area contributed by atoms with E-state index in [4.69, 9.17) is 5.73 Å². The van der Waals surface area contributed by atoms with Crippen LogP contribution in [-0.2, 0) is 0 Å². The molecule has 0 amide bonds. The summed E-state index contributed by atoms with van der Waals surface area (Å²) in [6.45, 7) is 5.91. The van der Waals surface area contributed by atoms with Crippen LogP contribution < -0.4 is 5.73 Å². The Hall–Kier alpha value is -0.0800. The molecule has 0 aromatic heterocycles. The van der Waals surface area contributed by atoms with Crippen molar-refractivity contribution < 1.29 is 0 Å². The average Bonchev–Trinajstić information content (AvgIpc) is 2.48. The first-order valence-corrected chi connectivity index (χ1v) is 9.29. The Morgan fingerprint density at radius 2 is 1.85 bits per heavy atom. The van der Waals surface area contributed by atoms with E-state index >= 15 is 0 Å². The molecule has 2 N–H and O–H groups in total. The van der Waals surface area contributed by atoms with Crippen molar-refractivity contribution in [3.05, 3.63) is 0 Å². The van der Waals surface area contributed by atoms with Gasteiger partial charge >= 0.3 is 0 Å². The largest absolute Gasteiger partial charge is 0.330 e. The van der Waals surface area contributed by atoms with Crippen molar-refractivity contribution in [1.29, 1.82) is 0 Å². The third kappa shape index (κ3) is 4.73. The average molecular weight is 280 g/mol. The van der Waals surface area contributed by atoms with E-state index in [0.717, 1.165) is 24.4 Å². The molecule has 0 aromatic carbocycles. The summed E-state index contributed by atoms with van der Waals surface area (Å²) in [5, 5.41) is 0. The summed E-state index contributed by atoms with van der Waals surface area (Å²) >= 11 is 0. The van der Waals surface area contributed by atoms with Gasteiger partial charge in [0.2, 0.25) is 0 Å². The molecule has 0 aromatic rings. The number of hydrogen-bond acceptors (Lipinski definition) is 2. The summed E-state index contributed by atoms with van der Waals surface area (Å²) in [5.41, 5.74) is 5.75. The van der Waals surface area contributed by atoms with Crippen LogP contribution in [0.3, 0.4) is 0 Å². The minimum absolute atomic E-state index is 0.874. The van der Waals surface area contributed by atoms with Gasteiger partial charge in [-0.1, -0.05) is 32.6 Å². The van der Waals surface area contributed by atoms with Gasteiger partial charge in [0.05, 0.1) is 0 Å². The Balaban J connectivity index is 1.71. The lowest BCUT2D eigenvalue weighted by molar-refractivity contribution is 0.0584. The molecule has 2 nitrogen and oxygen atoms in total. The molecule has 1 aliphatic carbocycles. The van der Waals surface area contributed by atoms with E-state index in [1.54, 1.807) is 0 Å². The third-order valence-electron chi connectivity index (χ3n) is 5.69. The number of nitrogens with zero attached hydrogens (tertiary/aromatic N) is 1. The van der Waals surface area contributed by atoms with Crippen LogP contribution in [0.5, 0.6) is 0 Å². The summed E-state index contributed by atoms with van der Waals surface area (Å²) in [6, 6.07) is 0.941. The maximum atomic E-state index is 5.75. The van der Waals surface area contributed by atoms with E-state index < -0.39 is 0 Å². The van der Waals surface area contributed by atoms with Crippen LogP contribution in [0.25, 0.3) is 0 Å². The number of fused-ring (bicyclic) bond motifs is 1. The fourth-order valence-electron chi connectivity index (χ4n) is 4.67. The van der Waals surface area contributed by atoms with Gasteiger partial charge < -0.3 is 10.6 Å². The van der Waals surface area contributed by atoms with Gasteiger partial charge in [0, 0.05) is 6.04 Å². The third-order valence-corrected chi connectivity index (χ3v) is 5.69. The monoisotopic (exact) mass is 280 g/mol. The lowest BCUT2D eigenvalue weighted by Gasteiger charge is -2.44. The van der Waals surface area contributed by atoms with Crippen LogP contribution in [0.4, 0.5) is 0 Å². The molecule has 118 valence electrons. The molecule has 0 radical (unpaired) electrons. The molecule has 2 fully saturated rings. The maximum absolute atomic E-state index is 5.75. The number of piperidine rings is 1. The molecule has 0 bridgehead atoms. The van der Waals surface area contributed by atoms with E-state index in [1.165, 1.54) is 83.7 Å². The molecular weight excluding hydrogens is 244 g/mol. The SMILES string of the molecule is CCCC(CCN)CCCN1CCCC2CCCCC21.